The van der Waals surface area contributed by atoms with Crippen molar-refractivity contribution in [2.45, 2.75) is 19.5 Å². The number of halogens is 4. The fraction of sp³-hybridized carbons (Fsp3) is 0.167. The summed E-state index contributed by atoms with van der Waals surface area (Å²) in [5, 5.41) is 10.2. The lowest BCUT2D eigenvalue weighted by Gasteiger charge is -2.08. The number of carboxylic acid groups (broad SMARTS) is 1. The molecule has 0 unspecified atom stereocenters. The molecule has 0 aliphatic carbocycles. The van der Waals surface area contributed by atoms with Crippen molar-refractivity contribution in [3.05, 3.63) is 58.1 Å². The molecule has 2 aromatic carbocycles. The maximum absolute atomic E-state index is 12.7. The Morgan fingerprint density at radius 1 is 1.16 bits per heavy atom. The summed E-state index contributed by atoms with van der Waals surface area (Å²) in [6, 6.07) is 8.06. The first-order valence-electron chi connectivity index (χ1n) is 7.37. The highest BCUT2D eigenvalue weighted by Gasteiger charge is 2.30. The fourth-order valence-corrected chi connectivity index (χ4v) is 3.13. The first kappa shape index (κ1) is 17.4. The number of aliphatic carboxylic acids is 1. The number of carbonyl (C=O) groups is 1. The Kier molecular flexibility index (Phi) is 4.24. The summed E-state index contributed by atoms with van der Waals surface area (Å²) in [5.74, 6) is -1.05. The van der Waals surface area contributed by atoms with Crippen molar-refractivity contribution in [1.29, 1.82) is 0 Å². The zero-order valence-corrected chi connectivity index (χ0v) is 13.8. The summed E-state index contributed by atoms with van der Waals surface area (Å²) in [6.45, 7) is 1.84. The van der Waals surface area contributed by atoms with E-state index >= 15 is 0 Å². The molecule has 0 saturated heterocycles. The molecule has 7 heteroatoms. The number of fused-ring (bicyclic) bond motifs is 1. The van der Waals surface area contributed by atoms with Gasteiger partial charge in [0.1, 0.15) is 0 Å². The molecule has 25 heavy (non-hydrogen) atoms. The van der Waals surface area contributed by atoms with E-state index in [1.165, 1.54) is 12.1 Å². The monoisotopic (exact) mass is 367 g/mol. The smallest absolute Gasteiger partial charge is 0.416 e. The largest absolute Gasteiger partial charge is 0.481 e. The minimum Gasteiger partial charge on any atom is -0.481 e. The Balaban J connectivity index is 2.23. The number of aromatic amines is 1. The SMILES string of the molecule is Cc1ccc(Cl)c2c(CC(=O)O)c(-c3ccc(C(F)(F)F)cc3)[nH]c12. The van der Waals surface area contributed by atoms with Crippen LogP contribution in [0.5, 0.6) is 0 Å². The lowest BCUT2D eigenvalue weighted by atomic mass is 10.0. The molecule has 1 aromatic heterocycles. The molecule has 3 nitrogen and oxygen atoms in total. The van der Waals surface area contributed by atoms with Gasteiger partial charge in [-0.1, -0.05) is 29.8 Å². The van der Waals surface area contributed by atoms with Gasteiger partial charge in [0.05, 0.1) is 28.2 Å². The summed E-state index contributed by atoms with van der Waals surface area (Å²) in [7, 11) is 0. The molecule has 0 amide bonds. The molecule has 0 aliphatic heterocycles. The van der Waals surface area contributed by atoms with Crippen LogP contribution in [0.1, 0.15) is 16.7 Å². The molecule has 1 heterocycles. The lowest BCUT2D eigenvalue weighted by Crippen LogP contribution is -2.04. The summed E-state index contributed by atoms with van der Waals surface area (Å²) in [4.78, 5) is 14.4. The van der Waals surface area contributed by atoms with Gasteiger partial charge in [0, 0.05) is 5.39 Å². The van der Waals surface area contributed by atoms with Crippen LogP contribution < -0.4 is 0 Å². The van der Waals surface area contributed by atoms with Crippen LogP contribution in [0.25, 0.3) is 22.2 Å². The van der Waals surface area contributed by atoms with E-state index in [2.05, 4.69) is 4.98 Å². The number of benzene rings is 2. The molecular formula is C18H13ClF3NO2. The number of carboxylic acids is 1. The van der Waals surface area contributed by atoms with Crippen molar-refractivity contribution in [1.82, 2.24) is 4.98 Å². The number of hydrogen-bond donors (Lipinski definition) is 2. The van der Waals surface area contributed by atoms with E-state index in [-0.39, 0.29) is 6.42 Å². The van der Waals surface area contributed by atoms with Crippen molar-refractivity contribution in [3.63, 3.8) is 0 Å². The van der Waals surface area contributed by atoms with Gasteiger partial charge in [-0.05, 0) is 41.8 Å². The van der Waals surface area contributed by atoms with Gasteiger partial charge in [0.15, 0.2) is 0 Å². The zero-order valence-electron chi connectivity index (χ0n) is 13.0. The Labute approximate surface area is 146 Å². The predicted molar refractivity (Wildman–Crippen MR) is 89.8 cm³/mol. The van der Waals surface area contributed by atoms with E-state index in [4.69, 9.17) is 11.6 Å². The van der Waals surface area contributed by atoms with E-state index in [0.29, 0.717) is 32.7 Å². The van der Waals surface area contributed by atoms with Crippen molar-refractivity contribution in [2.24, 2.45) is 0 Å². The number of aryl methyl sites for hydroxylation is 1. The van der Waals surface area contributed by atoms with Gasteiger partial charge in [-0.2, -0.15) is 13.2 Å². The van der Waals surface area contributed by atoms with Crippen LogP contribution >= 0.6 is 11.6 Å². The van der Waals surface area contributed by atoms with Crippen LogP contribution in [0.15, 0.2) is 36.4 Å². The molecule has 3 rings (SSSR count). The topological polar surface area (TPSA) is 53.1 Å². The van der Waals surface area contributed by atoms with Crippen molar-refractivity contribution < 1.29 is 23.1 Å². The molecule has 0 spiro atoms. The van der Waals surface area contributed by atoms with Gasteiger partial charge >= 0.3 is 12.1 Å². The van der Waals surface area contributed by atoms with Crippen LogP contribution in [0.3, 0.4) is 0 Å². The summed E-state index contributed by atoms with van der Waals surface area (Å²) in [6.07, 6.45) is -4.72. The number of alkyl halides is 3. The van der Waals surface area contributed by atoms with Gasteiger partial charge in [-0.3, -0.25) is 4.79 Å². The molecule has 0 saturated carbocycles. The molecule has 0 bridgehead atoms. The maximum Gasteiger partial charge on any atom is 0.416 e. The van der Waals surface area contributed by atoms with E-state index in [0.717, 1.165) is 17.7 Å². The third-order valence-corrected chi connectivity index (χ3v) is 4.36. The molecule has 0 radical (unpaired) electrons. The normalized spacial score (nSPS) is 11.9. The molecule has 3 aromatic rings. The Hall–Kier alpha value is -2.47. The lowest BCUT2D eigenvalue weighted by molar-refractivity contribution is -0.138. The molecule has 2 N–H and O–H groups in total. The Morgan fingerprint density at radius 3 is 2.36 bits per heavy atom. The number of aromatic nitrogens is 1. The number of hydrogen-bond acceptors (Lipinski definition) is 1. The van der Waals surface area contributed by atoms with Crippen molar-refractivity contribution >= 4 is 28.5 Å². The highest BCUT2D eigenvalue weighted by molar-refractivity contribution is 6.36. The predicted octanol–water partition coefficient (Wildman–Crippen LogP) is 5.44. The summed E-state index contributed by atoms with van der Waals surface area (Å²) >= 11 is 6.24. The summed E-state index contributed by atoms with van der Waals surface area (Å²) < 4.78 is 38.2. The molecule has 0 atom stereocenters. The van der Waals surface area contributed by atoms with E-state index < -0.39 is 17.7 Å². The molecule has 130 valence electrons. The van der Waals surface area contributed by atoms with E-state index in [1.54, 1.807) is 12.1 Å². The zero-order chi connectivity index (χ0) is 18.4. The van der Waals surface area contributed by atoms with E-state index in [1.807, 2.05) is 6.92 Å². The Morgan fingerprint density at radius 2 is 1.80 bits per heavy atom. The van der Waals surface area contributed by atoms with Crippen LogP contribution in [-0.2, 0) is 17.4 Å². The molecular weight excluding hydrogens is 355 g/mol. The molecule has 0 fully saturated rings. The average molecular weight is 368 g/mol. The number of H-pyrrole nitrogens is 1. The van der Waals surface area contributed by atoms with Crippen LogP contribution in [0, 0.1) is 6.92 Å². The fourth-order valence-electron chi connectivity index (χ4n) is 2.86. The summed E-state index contributed by atoms with van der Waals surface area (Å²) in [5.41, 5.74) is 2.17. The first-order chi connectivity index (χ1) is 11.7. The van der Waals surface area contributed by atoms with E-state index in [9.17, 15) is 23.1 Å². The van der Waals surface area contributed by atoms with Gasteiger partial charge in [0.25, 0.3) is 0 Å². The first-order valence-corrected chi connectivity index (χ1v) is 7.75. The van der Waals surface area contributed by atoms with Gasteiger partial charge < -0.3 is 10.1 Å². The highest BCUT2D eigenvalue weighted by atomic mass is 35.5. The minimum atomic E-state index is -4.43. The quantitative estimate of drug-likeness (QED) is 0.647. The standard InChI is InChI=1S/C18H13ClF3NO2/c1-9-2-7-13(19)15-12(8-14(24)25)17(23-16(9)15)10-3-5-11(6-4-10)18(20,21)22/h2-7,23H,8H2,1H3,(H,24,25). The average Bonchev–Trinajstić information content (AvgIpc) is 2.90. The maximum atomic E-state index is 12.7. The Bertz CT molecular complexity index is 959. The highest BCUT2D eigenvalue weighted by Crippen LogP contribution is 2.37. The van der Waals surface area contributed by atoms with Gasteiger partial charge in [-0.25, -0.2) is 0 Å². The third-order valence-electron chi connectivity index (χ3n) is 4.05. The van der Waals surface area contributed by atoms with Gasteiger partial charge in [-0.15, -0.1) is 0 Å². The molecule has 0 aliphatic rings. The van der Waals surface area contributed by atoms with Crippen LogP contribution in [0.2, 0.25) is 5.02 Å². The second-order valence-electron chi connectivity index (χ2n) is 5.74. The van der Waals surface area contributed by atoms with Crippen LogP contribution in [-0.4, -0.2) is 16.1 Å². The minimum absolute atomic E-state index is 0.292. The van der Waals surface area contributed by atoms with Crippen LogP contribution in [0.4, 0.5) is 13.2 Å². The van der Waals surface area contributed by atoms with Gasteiger partial charge in [0.2, 0.25) is 0 Å². The third kappa shape index (κ3) is 3.22. The van der Waals surface area contributed by atoms with Crippen molar-refractivity contribution in [2.75, 3.05) is 0 Å². The number of nitrogens with one attached hydrogen (secondary N) is 1. The van der Waals surface area contributed by atoms with Crippen molar-refractivity contribution in [3.8, 4) is 11.3 Å². The second-order valence-corrected chi connectivity index (χ2v) is 6.15. The second kappa shape index (κ2) is 6.11. The number of rotatable bonds is 3.